The first-order valence-electron chi connectivity index (χ1n) is 6.25. The lowest BCUT2D eigenvalue weighted by Crippen LogP contribution is -1.90. The zero-order valence-corrected chi connectivity index (χ0v) is 10.3. The van der Waals surface area contributed by atoms with Crippen LogP contribution in [0, 0.1) is 0 Å². The molecule has 2 N–H and O–H groups in total. The molecule has 0 bridgehead atoms. The molecule has 0 saturated heterocycles. The molecule has 0 aliphatic carbocycles. The van der Waals surface area contributed by atoms with E-state index in [2.05, 4.69) is 37.3 Å². The number of unbranched alkanes of at least 4 members (excludes halogenated alkanes) is 1. The summed E-state index contributed by atoms with van der Waals surface area (Å²) in [6.45, 7) is 2.22. The van der Waals surface area contributed by atoms with Crippen LogP contribution in [0.4, 0.5) is 5.69 Å². The van der Waals surface area contributed by atoms with E-state index in [0.717, 1.165) is 11.3 Å². The Morgan fingerprint density at radius 1 is 0.941 bits per heavy atom. The van der Waals surface area contributed by atoms with Crippen LogP contribution in [0.3, 0.4) is 0 Å². The monoisotopic (exact) mass is 225 g/mol. The summed E-state index contributed by atoms with van der Waals surface area (Å²) in [5.74, 6) is 0. The smallest absolute Gasteiger partial charge is 0.0393 e. The first kappa shape index (κ1) is 11.7. The van der Waals surface area contributed by atoms with Gasteiger partial charge >= 0.3 is 0 Å². The maximum absolute atomic E-state index is 5.97. The third-order valence-corrected chi connectivity index (χ3v) is 3.04. The normalized spacial score (nSPS) is 10.4. The van der Waals surface area contributed by atoms with Gasteiger partial charge in [0.1, 0.15) is 0 Å². The van der Waals surface area contributed by atoms with Crippen LogP contribution in [-0.2, 0) is 6.42 Å². The predicted octanol–water partition coefficient (Wildman–Crippen LogP) is 4.28. The molecule has 2 rings (SSSR count). The highest BCUT2D eigenvalue weighted by atomic mass is 14.6. The van der Waals surface area contributed by atoms with Gasteiger partial charge in [0.25, 0.3) is 0 Å². The third-order valence-electron chi connectivity index (χ3n) is 3.04. The minimum atomic E-state index is 0.841. The van der Waals surface area contributed by atoms with Crippen molar-refractivity contribution in [3.63, 3.8) is 0 Å². The molecule has 0 aliphatic rings. The second-order valence-corrected chi connectivity index (χ2v) is 4.39. The van der Waals surface area contributed by atoms with Gasteiger partial charge in [-0.25, -0.2) is 0 Å². The summed E-state index contributed by atoms with van der Waals surface area (Å²) in [5, 5.41) is 0. The van der Waals surface area contributed by atoms with E-state index in [4.69, 9.17) is 5.73 Å². The van der Waals surface area contributed by atoms with Crippen molar-refractivity contribution in [1.29, 1.82) is 0 Å². The fraction of sp³-hybridized carbons (Fsp3) is 0.250. The van der Waals surface area contributed by atoms with Gasteiger partial charge in [-0.05, 0) is 30.0 Å². The Balaban J connectivity index is 2.21. The van der Waals surface area contributed by atoms with E-state index >= 15 is 0 Å². The van der Waals surface area contributed by atoms with Gasteiger partial charge in [0.05, 0.1) is 0 Å². The van der Waals surface area contributed by atoms with E-state index < -0.39 is 0 Å². The van der Waals surface area contributed by atoms with Crippen molar-refractivity contribution in [3.05, 3.63) is 54.1 Å². The van der Waals surface area contributed by atoms with Crippen LogP contribution in [0.25, 0.3) is 11.1 Å². The Labute approximate surface area is 103 Å². The van der Waals surface area contributed by atoms with E-state index in [9.17, 15) is 0 Å². The maximum atomic E-state index is 5.97. The molecular weight excluding hydrogens is 206 g/mol. The molecule has 1 heteroatoms. The quantitative estimate of drug-likeness (QED) is 0.772. The van der Waals surface area contributed by atoms with Crippen molar-refractivity contribution in [2.24, 2.45) is 0 Å². The minimum Gasteiger partial charge on any atom is -0.398 e. The number of rotatable bonds is 4. The molecule has 88 valence electrons. The molecule has 17 heavy (non-hydrogen) atoms. The summed E-state index contributed by atoms with van der Waals surface area (Å²) in [4.78, 5) is 0. The van der Waals surface area contributed by atoms with Gasteiger partial charge in [-0.15, -0.1) is 0 Å². The molecule has 2 aromatic rings. The number of nitrogens with two attached hydrogens (primary N) is 1. The minimum absolute atomic E-state index is 0.841. The highest BCUT2D eigenvalue weighted by Gasteiger charge is 2.01. The molecule has 0 radical (unpaired) electrons. The summed E-state index contributed by atoms with van der Waals surface area (Å²) >= 11 is 0. The van der Waals surface area contributed by atoms with Crippen LogP contribution in [0.1, 0.15) is 25.3 Å². The molecule has 0 saturated carbocycles. The van der Waals surface area contributed by atoms with Crippen molar-refractivity contribution in [2.45, 2.75) is 26.2 Å². The van der Waals surface area contributed by atoms with Gasteiger partial charge in [0.15, 0.2) is 0 Å². The zero-order valence-electron chi connectivity index (χ0n) is 10.3. The molecular formula is C16H19N. The molecule has 0 amide bonds. The topological polar surface area (TPSA) is 26.0 Å². The number of hydrogen-bond acceptors (Lipinski definition) is 1. The van der Waals surface area contributed by atoms with Crippen molar-refractivity contribution < 1.29 is 0 Å². The molecule has 0 atom stereocenters. The summed E-state index contributed by atoms with van der Waals surface area (Å²) in [6, 6.07) is 16.7. The average molecular weight is 225 g/mol. The standard InChI is InChI=1S/C16H19N/c1-2-3-6-13-9-11-14(12-10-13)15-7-4-5-8-16(15)17/h4-5,7-12H,2-3,6,17H2,1H3. The van der Waals surface area contributed by atoms with Crippen molar-refractivity contribution >= 4 is 5.69 Å². The molecule has 0 heterocycles. The van der Waals surface area contributed by atoms with Gasteiger partial charge in [-0.1, -0.05) is 55.8 Å². The van der Waals surface area contributed by atoms with Crippen LogP contribution in [0.5, 0.6) is 0 Å². The fourth-order valence-corrected chi connectivity index (χ4v) is 1.99. The average Bonchev–Trinajstić information content (AvgIpc) is 2.38. The lowest BCUT2D eigenvalue weighted by atomic mass is 10.0. The van der Waals surface area contributed by atoms with Gasteiger partial charge in [-0.2, -0.15) is 0 Å². The van der Waals surface area contributed by atoms with E-state index in [1.54, 1.807) is 0 Å². The second-order valence-electron chi connectivity index (χ2n) is 4.39. The highest BCUT2D eigenvalue weighted by molar-refractivity contribution is 5.76. The molecule has 0 fully saturated rings. The van der Waals surface area contributed by atoms with E-state index in [-0.39, 0.29) is 0 Å². The summed E-state index contributed by atoms with van der Waals surface area (Å²) in [6.07, 6.45) is 3.67. The molecule has 0 aromatic heterocycles. The lowest BCUT2D eigenvalue weighted by Gasteiger charge is -2.06. The van der Waals surface area contributed by atoms with Crippen molar-refractivity contribution in [3.8, 4) is 11.1 Å². The molecule has 0 aliphatic heterocycles. The Morgan fingerprint density at radius 3 is 2.29 bits per heavy atom. The Hall–Kier alpha value is -1.76. The number of para-hydroxylation sites is 1. The third kappa shape index (κ3) is 2.88. The van der Waals surface area contributed by atoms with Gasteiger partial charge in [0.2, 0.25) is 0 Å². The SMILES string of the molecule is CCCCc1ccc(-c2ccccc2N)cc1. The number of benzene rings is 2. The number of anilines is 1. The summed E-state index contributed by atoms with van der Waals surface area (Å²) in [7, 11) is 0. The largest absolute Gasteiger partial charge is 0.398 e. The highest BCUT2D eigenvalue weighted by Crippen LogP contribution is 2.25. The maximum Gasteiger partial charge on any atom is 0.0393 e. The fourth-order valence-electron chi connectivity index (χ4n) is 1.99. The molecule has 2 aromatic carbocycles. The van der Waals surface area contributed by atoms with Crippen LogP contribution >= 0.6 is 0 Å². The number of aryl methyl sites for hydroxylation is 1. The first-order chi connectivity index (χ1) is 8.31. The first-order valence-corrected chi connectivity index (χ1v) is 6.25. The second kappa shape index (κ2) is 5.53. The van der Waals surface area contributed by atoms with Crippen molar-refractivity contribution in [1.82, 2.24) is 0 Å². The number of hydrogen-bond donors (Lipinski definition) is 1. The Morgan fingerprint density at radius 2 is 1.65 bits per heavy atom. The van der Waals surface area contributed by atoms with Crippen LogP contribution in [0.15, 0.2) is 48.5 Å². The van der Waals surface area contributed by atoms with Crippen LogP contribution < -0.4 is 5.73 Å². The van der Waals surface area contributed by atoms with Crippen LogP contribution in [-0.4, -0.2) is 0 Å². The van der Waals surface area contributed by atoms with Gasteiger partial charge in [0, 0.05) is 11.3 Å². The number of nitrogen functional groups attached to an aromatic ring is 1. The van der Waals surface area contributed by atoms with E-state index in [1.165, 1.54) is 30.4 Å². The van der Waals surface area contributed by atoms with E-state index in [0.29, 0.717) is 0 Å². The zero-order chi connectivity index (χ0) is 12.1. The molecule has 0 spiro atoms. The Bertz CT molecular complexity index is 471. The summed E-state index contributed by atoms with van der Waals surface area (Å²) < 4.78 is 0. The molecule has 1 nitrogen and oxygen atoms in total. The lowest BCUT2D eigenvalue weighted by molar-refractivity contribution is 0.795. The van der Waals surface area contributed by atoms with Crippen LogP contribution in [0.2, 0.25) is 0 Å². The van der Waals surface area contributed by atoms with Gasteiger partial charge < -0.3 is 5.73 Å². The Kier molecular flexibility index (Phi) is 3.81. The summed E-state index contributed by atoms with van der Waals surface area (Å²) in [5.41, 5.74) is 10.5. The van der Waals surface area contributed by atoms with Gasteiger partial charge in [-0.3, -0.25) is 0 Å². The molecule has 0 unspecified atom stereocenters. The predicted molar refractivity (Wildman–Crippen MR) is 74.9 cm³/mol. The van der Waals surface area contributed by atoms with E-state index in [1.807, 2.05) is 18.2 Å². The van der Waals surface area contributed by atoms with Crippen molar-refractivity contribution in [2.75, 3.05) is 5.73 Å².